The zero-order chi connectivity index (χ0) is 21.3. The molecular weight excluding hydrogens is 418 g/mol. The molecule has 3 aromatic heterocycles. The summed E-state index contributed by atoms with van der Waals surface area (Å²) in [5, 5.41) is 14.8. The molecule has 4 rings (SSSR count). The molecule has 0 bridgehead atoms. The topological polar surface area (TPSA) is 93.4 Å². The number of allylic oxidation sites excluding steroid dienone is 1. The van der Waals surface area contributed by atoms with Crippen LogP contribution < -0.4 is 5.32 Å². The van der Waals surface area contributed by atoms with Crippen LogP contribution in [-0.4, -0.2) is 35.4 Å². The summed E-state index contributed by atoms with van der Waals surface area (Å²) in [7, 11) is 0. The van der Waals surface area contributed by atoms with Gasteiger partial charge in [0.1, 0.15) is 0 Å². The number of benzene rings is 1. The van der Waals surface area contributed by atoms with Crippen LogP contribution in [0.5, 0.6) is 0 Å². The maximum absolute atomic E-state index is 12.8. The van der Waals surface area contributed by atoms with E-state index in [1.807, 2.05) is 48.7 Å². The summed E-state index contributed by atoms with van der Waals surface area (Å²) in [6.07, 6.45) is 1.75. The lowest BCUT2D eigenvalue weighted by atomic mass is 10.3. The molecule has 30 heavy (non-hydrogen) atoms. The van der Waals surface area contributed by atoms with Crippen molar-refractivity contribution < 1.29 is 4.79 Å². The molecule has 4 aromatic rings. The van der Waals surface area contributed by atoms with Crippen LogP contribution in [0, 0.1) is 18.6 Å². The van der Waals surface area contributed by atoms with E-state index in [1.54, 1.807) is 16.8 Å². The van der Waals surface area contributed by atoms with Gasteiger partial charge in [-0.2, -0.15) is 10.2 Å². The molecule has 1 aromatic carbocycles. The summed E-state index contributed by atoms with van der Waals surface area (Å²) in [5.41, 5.74) is 2.83. The molecule has 10 heteroatoms. The molecule has 0 saturated carbocycles. The van der Waals surface area contributed by atoms with Crippen LogP contribution in [0.15, 0.2) is 49.1 Å². The molecule has 0 unspecified atom stereocenters. The van der Waals surface area contributed by atoms with Gasteiger partial charge < -0.3 is 0 Å². The van der Waals surface area contributed by atoms with E-state index in [1.165, 1.54) is 11.3 Å². The van der Waals surface area contributed by atoms with Crippen LogP contribution in [-0.2, 0) is 6.54 Å². The highest BCUT2D eigenvalue weighted by Crippen LogP contribution is 2.32. The van der Waals surface area contributed by atoms with Gasteiger partial charge in [-0.1, -0.05) is 35.6 Å². The number of H-pyrrole nitrogens is 1. The second-order valence-electron chi connectivity index (χ2n) is 6.56. The molecule has 0 aliphatic heterocycles. The number of para-hydroxylation sites is 1. The van der Waals surface area contributed by atoms with Gasteiger partial charge >= 0.3 is 0 Å². The van der Waals surface area contributed by atoms with Gasteiger partial charge in [0, 0.05) is 12.2 Å². The van der Waals surface area contributed by atoms with E-state index in [9.17, 15) is 4.79 Å². The molecule has 0 atom stereocenters. The van der Waals surface area contributed by atoms with E-state index >= 15 is 0 Å². The third-order valence-corrected chi connectivity index (χ3v) is 5.79. The van der Waals surface area contributed by atoms with Crippen molar-refractivity contribution in [3.63, 3.8) is 0 Å². The van der Waals surface area contributed by atoms with Crippen LogP contribution in [0.3, 0.4) is 0 Å². The lowest BCUT2D eigenvalue weighted by molar-refractivity contribution is 0.102. The monoisotopic (exact) mass is 437 g/mol. The number of aryl methyl sites for hydroxylation is 2. The van der Waals surface area contributed by atoms with Crippen molar-refractivity contribution in [1.29, 1.82) is 0 Å². The van der Waals surface area contributed by atoms with Gasteiger partial charge in [0.15, 0.2) is 21.4 Å². The molecule has 2 N–H and O–H groups in total. The molecule has 0 aliphatic rings. The summed E-state index contributed by atoms with van der Waals surface area (Å²) in [6.45, 7) is 8.06. The first kappa shape index (κ1) is 19.9. The minimum atomic E-state index is -0.321. The van der Waals surface area contributed by atoms with Crippen molar-refractivity contribution in [2.45, 2.75) is 20.4 Å². The van der Waals surface area contributed by atoms with E-state index in [-0.39, 0.29) is 5.91 Å². The van der Waals surface area contributed by atoms with Gasteiger partial charge in [-0.25, -0.2) is 9.67 Å². The summed E-state index contributed by atoms with van der Waals surface area (Å²) >= 11 is 6.61. The van der Waals surface area contributed by atoms with Crippen LogP contribution in [0.4, 0.5) is 5.13 Å². The van der Waals surface area contributed by atoms with E-state index in [0.29, 0.717) is 28.0 Å². The first-order valence-corrected chi connectivity index (χ1v) is 10.4. The number of hydrogen-bond acceptors (Lipinski definition) is 6. The number of carbonyl (C=O) groups is 1. The zero-order valence-electron chi connectivity index (χ0n) is 16.4. The van der Waals surface area contributed by atoms with Gasteiger partial charge in [0.25, 0.3) is 5.91 Å². The summed E-state index contributed by atoms with van der Waals surface area (Å²) in [6, 6.07) is 11.4. The van der Waals surface area contributed by atoms with Crippen molar-refractivity contribution in [2.24, 2.45) is 0 Å². The zero-order valence-corrected chi connectivity index (χ0v) is 18.0. The first-order valence-electron chi connectivity index (χ1n) is 9.15. The number of nitrogens with one attached hydrogen (secondary N) is 2. The largest absolute Gasteiger partial charge is 0.296 e. The second-order valence-corrected chi connectivity index (χ2v) is 7.94. The average Bonchev–Trinajstić information content (AvgIpc) is 3.40. The fraction of sp³-hybridized carbons (Fsp3) is 0.150. The van der Waals surface area contributed by atoms with Gasteiger partial charge in [0.2, 0.25) is 0 Å². The van der Waals surface area contributed by atoms with E-state index < -0.39 is 0 Å². The number of rotatable bonds is 6. The lowest BCUT2D eigenvalue weighted by Gasteiger charge is -2.03. The molecular formula is C20H19N7OS2. The SMILES string of the molecule is C=CCn1c(-c2sc(NC(=O)c3cc(C)n(-c4ccccc4)n3)nc2C)n[nH]c1=S. The maximum Gasteiger partial charge on any atom is 0.277 e. The van der Waals surface area contributed by atoms with Crippen molar-refractivity contribution in [3.8, 4) is 16.4 Å². The number of aromatic nitrogens is 6. The highest BCUT2D eigenvalue weighted by atomic mass is 32.1. The molecule has 0 radical (unpaired) electrons. The Balaban J connectivity index is 1.59. The Kier molecular flexibility index (Phi) is 5.42. The Morgan fingerprint density at radius 3 is 2.83 bits per heavy atom. The average molecular weight is 438 g/mol. The number of nitrogens with zero attached hydrogens (tertiary/aromatic N) is 5. The second kappa shape index (κ2) is 8.17. The molecule has 1 amide bonds. The van der Waals surface area contributed by atoms with Crippen LogP contribution in [0.1, 0.15) is 21.9 Å². The Bertz CT molecular complexity index is 1280. The Morgan fingerprint density at radius 2 is 2.10 bits per heavy atom. The smallest absolute Gasteiger partial charge is 0.277 e. The molecule has 0 fully saturated rings. The number of hydrogen-bond donors (Lipinski definition) is 2. The molecule has 0 spiro atoms. The number of anilines is 1. The molecule has 152 valence electrons. The third kappa shape index (κ3) is 3.74. The van der Waals surface area contributed by atoms with Crippen molar-refractivity contribution >= 4 is 34.6 Å². The van der Waals surface area contributed by atoms with Crippen LogP contribution in [0.25, 0.3) is 16.4 Å². The highest BCUT2D eigenvalue weighted by Gasteiger charge is 2.19. The van der Waals surface area contributed by atoms with Crippen LogP contribution in [0.2, 0.25) is 0 Å². The number of carbonyl (C=O) groups excluding carboxylic acids is 1. The van der Waals surface area contributed by atoms with Crippen molar-refractivity contribution in [1.82, 2.24) is 29.5 Å². The molecule has 0 aliphatic carbocycles. The predicted molar refractivity (Wildman–Crippen MR) is 120 cm³/mol. The third-order valence-electron chi connectivity index (χ3n) is 4.41. The Hall–Kier alpha value is -3.37. The van der Waals surface area contributed by atoms with E-state index in [0.717, 1.165) is 22.0 Å². The Labute approximate surface area is 181 Å². The number of amides is 1. The summed E-state index contributed by atoms with van der Waals surface area (Å²) in [4.78, 5) is 18.1. The van der Waals surface area contributed by atoms with Gasteiger partial charge in [-0.3, -0.25) is 19.8 Å². The lowest BCUT2D eigenvalue weighted by Crippen LogP contribution is -2.13. The normalized spacial score (nSPS) is 10.9. The van der Waals surface area contributed by atoms with Gasteiger partial charge in [-0.05, 0) is 44.3 Å². The Morgan fingerprint density at radius 1 is 1.33 bits per heavy atom. The van der Waals surface area contributed by atoms with E-state index in [2.05, 4.69) is 32.2 Å². The molecule has 3 heterocycles. The van der Waals surface area contributed by atoms with Crippen molar-refractivity contribution in [2.75, 3.05) is 5.32 Å². The fourth-order valence-corrected chi connectivity index (χ4v) is 4.19. The first-order chi connectivity index (χ1) is 14.5. The number of aromatic amines is 1. The van der Waals surface area contributed by atoms with Gasteiger partial charge in [-0.15, -0.1) is 6.58 Å². The van der Waals surface area contributed by atoms with Gasteiger partial charge in [0.05, 0.1) is 16.3 Å². The maximum atomic E-state index is 12.8. The highest BCUT2D eigenvalue weighted by molar-refractivity contribution is 7.71. The fourth-order valence-electron chi connectivity index (χ4n) is 3.02. The van der Waals surface area contributed by atoms with E-state index in [4.69, 9.17) is 12.2 Å². The quantitative estimate of drug-likeness (QED) is 0.346. The summed E-state index contributed by atoms with van der Waals surface area (Å²) in [5.74, 6) is 0.345. The number of thiazole rings is 1. The predicted octanol–water partition coefficient (Wildman–Crippen LogP) is 4.31. The molecule has 0 saturated heterocycles. The van der Waals surface area contributed by atoms with Crippen LogP contribution >= 0.6 is 23.6 Å². The minimum Gasteiger partial charge on any atom is -0.296 e. The molecule has 8 nitrogen and oxygen atoms in total. The summed E-state index contributed by atoms with van der Waals surface area (Å²) < 4.78 is 4.07. The van der Waals surface area contributed by atoms with Crippen molar-refractivity contribution in [3.05, 3.63) is 70.9 Å². The standard InChI is InChI=1S/C20H19N7OS2/c1-4-10-26-17(23-24-20(26)29)16-13(3)21-19(30-16)22-18(28)15-11-12(2)27(25-15)14-8-6-5-7-9-14/h4-9,11H,1,10H2,2-3H3,(H,24,29)(H,21,22,28). The minimum absolute atomic E-state index is 0.320.